The summed E-state index contributed by atoms with van der Waals surface area (Å²) >= 11 is 5.88. The zero-order chi connectivity index (χ0) is 14.1. The molecule has 0 aliphatic heterocycles. The molecule has 0 saturated carbocycles. The van der Waals surface area contributed by atoms with Gasteiger partial charge in [-0.3, -0.25) is 9.48 Å². The van der Waals surface area contributed by atoms with E-state index in [0.29, 0.717) is 23.5 Å². The smallest absolute Gasteiger partial charge is 0.267 e. The maximum absolute atomic E-state index is 12.6. The maximum atomic E-state index is 12.6. The largest absolute Gasteiger partial charge is 0.280 e. The van der Waals surface area contributed by atoms with Crippen molar-refractivity contribution in [2.75, 3.05) is 5.88 Å². The van der Waals surface area contributed by atoms with E-state index < -0.39 is 0 Å². The summed E-state index contributed by atoms with van der Waals surface area (Å²) in [6.07, 6.45) is 0. The van der Waals surface area contributed by atoms with Crippen LogP contribution in [-0.4, -0.2) is 20.2 Å². The summed E-state index contributed by atoms with van der Waals surface area (Å²) in [5, 5.41) is 0.615. The number of fused-ring (bicyclic) bond motifs is 1. The third kappa shape index (κ3) is 2.02. The second-order valence-electron chi connectivity index (χ2n) is 4.59. The van der Waals surface area contributed by atoms with Crippen molar-refractivity contribution in [3.63, 3.8) is 0 Å². The molecule has 0 aliphatic carbocycles. The number of nitrogens with zero attached hydrogens (tertiary/aromatic N) is 3. The highest BCUT2D eigenvalue weighted by Gasteiger charge is 2.15. The van der Waals surface area contributed by atoms with Crippen molar-refractivity contribution in [2.24, 2.45) is 0 Å². The van der Waals surface area contributed by atoms with Crippen LogP contribution in [0.15, 0.2) is 47.3 Å². The number of para-hydroxylation sites is 1. The summed E-state index contributed by atoms with van der Waals surface area (Å²) in [6, 6.07) is 13.2. The number of aryl methyl sites for hydroxylation is 2. The van der Waals surface area contributed by atoms with Crippen molar-refractivity contribution >= 4 is 22.6 Å². The number of rotatable bonds is 3. The van der Waals surface area contributed by atoms with Crippen LogP contribution in [0.2, 0.25) is 0 Å². The van der Waals surface area contributed by atoms with Gasteiger partial charge in [0.2, 0.25) is 0 Å². The highest BCUT2D eigenvalue weighted by atomic mass is 35.5. The van der Waals surface area contributed by atoms with Gasteiger partial charge in [-0.25, -0.2) is 9.67 Å². The van der Waals surface area contributed by atoms with Crippen LogP contribution in [0.25, 0.3) is 16.7 Å². The van der Waals surface area contributed by atoms with E-state index in [9.17, 15) is 4.79 Å². The van der Waals surface area contributed by atoms with Crippen LogP contribution < -0.4 is 5.56 Å². The number of benzene rings is 1. The monoisotopic (exact) mass is 287 g/mol. The predicted molar refractivity (Wildman–Crippen MR) is 80.8 cm³/mol. The van der Waals surface area contributed by atoms with E-state index >= 15 is 0 Å². The molecule has 0 fully saturated rings. The molecule has 102 valence electrons. The minimum Gasteiger partial charge on any atom is -0.267 e. The van der Waals surface area contributed by atoms with Crippen molar-refractivity contribution in [1.82, 2.24) is 14.3 Å². The molecule has 0 radical (unpaired) electrons. The van der Waals surface area contributed by atoms with Gasteiger partial charge < -0.3 is 0 Å². The van der Waals surface area contributed by atoms with Crippen LogP contribution in [-0.2, 0) is 6.54 Å². The molecule has 0 unspecified atom stereocenters. The van der Waals surface area contributed by atoms with Crippen LogP contribution >= 0.6 is 11.6 Å². The quantitative estimate of drug-likeness (QED) is 0.695. The summed E-state index contributed by atoms with van der Waals surface area (Å²) in [5.41, 5.74) is 2.31. The van der Waals surface area contributed by atoms with E-state index in [2.05, 4.69) is 4.98 Å². The Hall–Kier alpha value is -2.07. The number of alkyl halides is 1. The molecule has 0 spiro atoms. The number of pyridine rings is 1. The Morgan fingerprint density at radius 3 is 2.60 bits per heavy atom. The van der Waals surface area contributed by atoms with Crippen molar-refractivity contribution in [2.45, 2.75) is 13.5 Å². The molecule has 3 aromatic rings. The lowest BCUT2D eigenvalue weighted by molar-refractivity contribution is 0.590. The van der Waals surface area contributed by atoms with Crippen molar-refractivity contribution in [3.05, 3.63) is 58.5 Å². The van der Waals surface area contributed by atoms with E-state index in [1.165, 1.54) is 0 Å². The van der Waals surface area contributed by atoms with Gasteiger partial charge in [0.25, 0.3) is 5.56 Å². The molecule has 0 atom stereocenters. The van der Waals surface area contributed by atoms with E-state index in [1.54, 1.807) is 4.68 Å². The summed E-state index contributed by atoms with van der Waals surface area (Å²) < 4.78 is 3.48. The lowest BCUT2D eigenvalue weighted by atomic mass is 10.3. The molecule has 0 saturated heterocycles. The van der Waals surface area contributed by atoms with Gasteiger partial charge in [-0.1, -0.05) is 18.2 Å². The van der Waals surface area contributed by atoms with E-state index in [-0.39, 0.29) is 5.56 Å². The molecule has 4 nitrogen and oxygen atoms in total. The van der Waals surface area contributed by atoms with Crippen LogP contribution in [0.1, 0.15) is 5.69 Å². The Labute approximate surface area is 121 Å². The fraction of sp³-hybridized carbons (Fsp3) is 0.200. The average Bonchev–Trinajstić information content (AvgIpc) is 2.73. The molecule has 20 heavy (non-hydrogen) atoms. The molecule has 0 amide bonds. The Morgan fingerprint density at radius 2 is 1.90 bits per heavy atom. The fourth-order valence-electron chi connectivity index (χ4n) is 2.34. The fourth-order valence-corrected chi connectivity index (χ4v) is 2.50. The Morgan fingerprint density at radius 1 is 1.15 bits per heavy atom. The molecular formula is C15H14ClN3O. The molecule has 5 heteroatoms. The van der Waals surface area contributed by atoms with Gasteiger partial charge >= 0.3 is 0 Å². The van der Waals surface area contributed by atoms with Crippen LogP contribution in [0.3, 0.4) is 0 Å². The summed E-state index contributed by atoms with van der Waals surface area (Å²) in [4.78, 5) is 17.1. The molecular weight excluding hydrogens is 274 g/mol. The highest BCUT2D eigenvalue weighted by molar-refractivity contribution is 6.17. The Bertz CT molecular complexity index is 805. The lowest BCUT2D eigenvalue weighted by Crippen LogP contribution is -2.21. The Balaban J connectivity index is 2.38. The minimum atomic E-state index is -0.0659. The third-order valence-corrected chi connectivity index (χ3v) is 3.39. The topological polar surface area (TPSA) is 39.8 Å². The summed E-state index contributed by atoms with van der Waals surface area (Å²) in [5.74, 6) is 0.422. The standard InChI is InChI=1S/C15H14ClN3O/c1-11-7-8-13-14(17-11)18(10-9-16)19(15(13)20)12-5-3-2-4-6-12/h2-8H,9-10H2,1H3. The van der Waals surface area contributed by atoms with E-state index in [4.69, 9.17) is 11.6 Å². The molecule has 2 heterocycles. The molecule has 0 N–H and O–H groups in total. The minimum absolute atomic E-state index is 0.0659. The SMILES string of the molecule is Cc1ccc2c(=O)n(-c3ccccc3)n(CCCl)c2n1. The molecule has 0 bridgehead atoms. The van der Waals surface area contributed by atoms with Crippen molar-refractivity contribution in [3.8, 4) is 5.69 Å². The first-order valence-corrected chi connectivity index (χ1v) is 6.96. The van der Waals surface area contributed by atoms with Crippen molar-refractivity contribution < 1.29 is 0 Å². The van der Waals surface area contributed by atoms with Gasteiger partial charge in [-0.15, -0.1) is 11.6 Å². The number of halogens is 1. The van der Waals surface area contributed by atoms with Gasteiger partial charge in [0.15, 0.2) is 5.65 Å². The first kappa shape index (κ1) is 12.9. The lowest BCUT2D eigenvalue weighted by Gasteiger charge is -2.10. The highest BCUT2D eigenvalue weighted by Crippen LogP contribution is 2.14. The van der Waals surface area contributed by atoms with Gasteiger partial charge in [0, 0.05) is 11.6 Å². The number of hydrogen-bond acceptors (Lipinski definition) is 2. The second-order valence-corrected chi connectivity index (χ2v) is 4.97. The van der Waals surface area contributed by atoms with E-state index in [1.807, 2.05) is 54.1 Å². The summed E-state index contributed by atoms with van der Waals surface area (Å²) in [7, 11) is 0. The predicted octanol–water partition coefficient (Wildman–Crippen LogP) is 2.73. The maximum Gasteiger partial charge on any atom is 0.280 e. The summed E-state index contributed by atoms with van der Waals surface area (Å²) in [6.45, 7) is 2.44. The average molecular weight is 288 g/mol. The van der Waals surface area contributed by atoms with Crippen LogP contribution in [0.4, 0.5) is 0 Å². The second kappa shape index (κ2) is 5.13. The van der Waals surface area contributed by atoms with Crippen LogP contribution in [0.5, 0.6) is 0 Å². The first-order valence-electron chi connectivity index (χ1n) is 6.43. The zero-order valence-corrected chi connectivity index (χ0v) is 11.8. The van der Waals surface area contributed by atoms with E-state index in [0.717, 1.165) is 11.4 Å². The number of hydrogen-bond donors (Lipinski definition) is 0. The van der Waals surface area contributed by atoms with Gasteiger partial charge in [-0.2, -0.15) is 0 Å². The molecule has 1 aromatic carbocycles. The molecule has 0 aliphatic rings. The molecule has 3 rings (SSSR count). The van der Waals surface area contributed by atoms with Gasteiger partial charge in [0.05, 0.1) is 17.6 Å². The molecule has 2 aromatic heterocycles. The van der Waals surface area contributed by atoms with Gasteiger partial charge in [-0.05, 0) is 31.2 Å². The number of aromatic nitrogens is 3. The normalized spacial score (nSPS) is 11.1. The first-order chi connectivity index (χ1) is 9.72. The van der Waals surface area contributed by atoms with Gasteiger partial charge in [0.1, 0.15) is 0 Å². The van der Waals surface area contributed by atoms with Crippen LogP contribution in [0, 0.1) is 6.92 Å². The van der Waals surface area contributed by atoms with Crippen molar-refractivity contribution in [1.29, 1.82) is 0 Å². The third-order valence-electron chi connectivity index (χ3n) is 3.22. The Kier molecular flexibility index (Phi) is 3.32. The zero-order valence-electron chi connectivity index (χ0n) is 11.1.